The van der Waals surface area contributed by atoms with Gasteiger partial charge in [0.25, 0.3) is 0 Å². The molecule has 0 aromatic heterocycles. The molecule has 0 heterocycles. The first-order chi connectivity index (χ1) is 9.60. The summed E-state index contributed by atoms with van der Waals surface area (Å²) in [5.74, 6) is 0. The first-order valence-electron chi connectivity index (χ1n) is 7.00. The molecule has 2 N–H and O–H groups in total. The van der Waals surface area contributed by atoms with Crippen LogP contribution in [0.15, 0.2) is 22.7 Å². The fourth-order valence-electron chi connectivity index (χ4n) is 2.24. The number of methoxy groups -OCH3 is 1. The molecule has 112 valence electrons. The van der Waals surface area contributed by atoms with Crippen molar-refractivity contribution in [3.05, 3.63) is 28.2 Å². The molecule has 0 bridgehead atoms. The van der Waals surface area contributed by atoms with Crippen molar-refractivity contribution in [1.29, 1.82) is 0 Å². The molecular weight excluding hydrogens is 320 g/mol. The molecule has 0 spiro atoms. The van der Waals surface area contributed by atoms with Crippen LogP contribution in [0.2, 0.25) is 0 Å². The molecule has 0 aliphatic heterocycles. The van der Waals surface area contributed by atoms with Gasteiger partial charge >= 0.3 is 0 Å². The lowest BCUT2D eigenvalue weighted by Crippen LogP contribution is -2.32. The number of ether oxygens (including phenoxy) is 1. The van der Waals surface area contributed by atoms with Crippen molar-refractivity contribution in [3.63, 3.8) is 0 Å². The molecule has 0 radical (unpaired) electrons. The van der Waals surface area contributed by atoms with Crippen LogP contribution in [-0.2, 0) is 11.3 Å². The predicted molar refractivity (Wildman–Crippen MR) is 85.2 cm³/mol. The van der Waals surface area contributed by atoms with Crippen molar-refractivity contribution in [1.82, 2.24) is 5.32 Å². The minimum absolute atomic E-state index is 0.355. The van der Waals surface area contributed by atoms with Crippen LogP contribution in [-0.4, -0.2) is 44.6 Å². The van der Waals surface area contributed by atoms with Gasteiger partial charge < -0.3 is 20.1 Å². The number of nitrogens with one attached hydrogen (secondary N) is 1. The van der Waals surface area contributed by atoms with E-state index in [2.05, 4.69) is 44.3 Å². The second-order valence-electron chi connectivity index (χ2n) is 5.42. The molecule has 1 saturated carbocycles. The zero-order valence-corrected chi connectivity index (χ0v) is 13.7. The quantitative estimate of drug-likeness (QED) is 0.759. The summed E-state index contributed by atoms with van der Waals surface area (Å²) < 4.78 is 6.03. The maximum Gasteiger partial charge on any atom is 0.0947 e. The highest BCUT2D eigenvalue weighted by atomic mass is 79.9. The van der Waals surface area contributed by atoms with E-state index in [9.17, 15) is 5.11 Å². The number of benzene rings is 1. The molecule has 0 amide bonds. The van der Waals surface area contributed by atoms with Gasteiger partial charge in [-0.15, -0.1) is 0 Å². The van der Waals surface area contributed by atoms with E-state index in [0.29, 0.717) is 19.2 Å². The third-order valence-corrected chi connectivity index (χ3v) is 3.95. The highest BCUT2D eigenvalue weighted by Crippen LogP contribution is 2.26. The summed E-state index contributed by atoms with van der Waals surface area (Å²) in [5.41, 5.74) is 2.40. The third kappa shape index (κ3) is 4.74. The number of hydrogen-bond acceptors (Lipinski definition) is 4. The second kappa shape index (κ2) is 7.41. The van der Waals surface area contributed by atoms with E-state index in [1.54, 1.807) is 7.11 Å². The predicted octanol–water partition coefficient (Wildman–Crippen LogP) is 2.14. The van der Waals surface area contributed by atoms with Crippen LogP contribution >= 0.6 is 15.9 Å². The van der Waals surface area contributed by atoms with Crippen LogP contribution in [0.3, 0.4) is 0 Å². The number of anilines is 1. The number of nitrogens with zero attached hydrogens (tertiary/aromatic N) is 1. The minimum Gasteiger partial charge on any atom is -0.389 e. The summed E-state index contributed by atoms with van der Waals surface area (Å²) >= 11 is 3.52. The lowest BCUT2D eigenvalue weighted by molar-refractivity contribution is 0.0695. The number of halogens is 1. The molecule has 1 fully saturated rings. The van der Waals surface area contributed by atoms with Gasteiger partial charge in [0.15, 0.2) is 0 Å². The van der Waals surface area contributed by atoms with Gasteiger partial charge in [0.05, 0.1) is 12.7 Å². The fourth-order valence-corrected chi connectivity index (χ4v) is 2.59. The highest BCUT2D eigenvalue weighted by Gasteiger charge is 2.21. The highest BCUT2D eigenvalue weighted by molar-refractivity contribution is 9.10. The SMILES string of the molecule is COCC(O)CN(C)c1cc(Br)ccc1CNC1CC1. The van der Waals surface area contributed by atoms with Gasteiger partial charge in [0.1, 0.15) is 0 Å². The van der Waals surface area contributed by atoms with Crippen molar-refractivity contribution in [2.24, 2.45) is 0 Å². The summed E-state index contributed by atoms with van der Waals surface area (Å²) in [7, 11) is 3.61. The van der Waals surface area contributed by atoms with E-state index in [1.807, 2.05) is 7.05 Å². The molecule has 1 unspecified atom stereocenters. The molecule has 0 saturated heterocycles. The Labute approximate surface area is 129 Å². The van der Waals surface area contributed by atoms with Gasteiger partial charge in [0, 0.05) is 43.4 Å². The van der Waals surface area contributed by atoms with Crippen molar-refractivity contribution < 1.29 is 9.84 Å². The molecular formula is C15H23BrN2O2. The van der Waals surface area contributed by atoms with Gasteiger partial charge in [-0.25, -0.2) is 0 Å². The van der Waals surface area contributed by atoms with E-state index >= 15 is 0 Å². The second-order valence-corrected chi connectivity index (χ2v) is 6.33. The first-order valence-corrected chi connectivity index (χ1v) is 7.79. The van der Waals surface area contributed by atoms with E-state index < -0.39 is 6.10 Å². The van der Waals surface area contributed by atoms with E-state index in [1.165, 1.54) is 18.4 Å². The lowest BCUT2D eigenvalue weighted by Gasteiger charge is -2.25. The Bertz CT molecular complexity index is 438. The summed E-state index contributed by atoms with van der Waals surface area (Å²) in [5, 5.41) is 13.4. The Morgan fingerprint density at radius 2 is 2.25 bits per heavy atom. The van der Waals surface area contributed by atoms with Crippen molar-refractivity contribution >= 4 is 21.6 Å². The Balaban J connectivity index is 2.04. The van der Waals surface area contributed by atoms with E-state index in [4.69, 9.17) is 4.74 Å². The molecule has 1 aromatic rings. The Hall–Kier alpha value is -0.620. The Morgan fingerprint density at radius 3 is 2.90 bits per heavy atom. The number of rotatable bonds is 8. The van der Waals surface area contributed by atoms with Gasteiger partial charge in [0.2, 0.25) is 0 Å². The van der Waals surface area contributed by atoms with Crippen LogP contribution in [0.5, 0.6) is 0 Å². The minimum atomic E-state index is -0.478. The smallest absolute Gasteiger partial charge is 0.0947 e. The molecule has 1 aliphatic carbocycles. The summed E-state index contributed by atoms with van der Waals surface area (Å²) in [4.78, 5) is 2.08. The first kappa shape index (κ1) is 15.8. The Kier molecular flexibility index (Phi) is 5.84. The van der Waals surface area contributed by atoms with Crippen molar-refractivity contribution in [3.8, 4) is 0 Å². The van der Waals surface area contributed by atoms with Crippen LogP contribution in [0, 0.1) is 0 Å². The average molecular weight is 343 g/mol. The number of aliphatic hydroxyl groups is 1. The van der Waals surface area contributed by atoms with Crippen LogP contribution in [0.4, 0.5) is 5.69 Å². The van der Waals surface area contributed by atoms with Gasteiger partial charge in [-0.1, -0.05) is 22.0 Å². The average Bonchev–Trinajstić information content (AvgIpc) is 3.21. The molecule has 1 aromatic carbocycles. The standard InChI is InChI=1S/C15H23BrN2O2/c1-18(9-14(19)10-20-2)15-7-12(16)4-3-11(15)8-17-13-5-6-13/h3-4,7,13-14,17,19H,5-6,8-10H2,1-2H3. The summed E-state index contributed by atoms with van der Waals surface area (Å²) in [6.07, 6.45) is 2.09. The van der Waals surface area contributed by atoms with Crippen LogP contribution < -0.4 is 10.2 Å². The zero-order chi connectivity index (χ0) is 14.5. The maximum atomic E-state index is 9.88. The van der Waals surface area contributed by atoms with Gasteiger partial charge in [-0.2, -0.15) is 0 Å². The molecule has 4 nitrogen and oxygen atoms in total. The summed E-state index contributed by atoms with van der Waals surface area (Å²) in [6, 6.07) is 6.99. The van der Waals surface area contributed by atoms with E-state index in [0.717, 1.165) is 16.7 Å². The van der Waals surface area contributed by atoms with Crippen molar-refractivity contribution in [2.45, 2.75) is 31.5 Å². The maximum absolute atomic E-state index is 9.88. The Morgan fingerprint density at radius 1 is 1.50 bits per heavy atom. The monoisotopic (exact) mass is 342 g/mol. The topological polar surface area (TPSA) is 44.7 Å². The van der Waals surface area contributed by atoms with E-state index in [-0.39, 0.29) is 0 Å². The number of likely N-dealkylation sites (N-methyl/N-ethyl adjacent to an activating group) is 1. The molecule has 2 rings (SSSR count). The van der Waals surface area contributed by atoms with Crippen LogP contribution in [0.25, 0.3) is 0 Å². The molecule has 1 atom stereocenters. The number of hydrogen-bond donors (Lipinski definition) is 2. The molecule has 1 aliphatic rings. The fraction of sp³-hybridized carbons (Fsp3) is 0.600. The lowest BCUT2D eigenvalue weighted by atomic mass is 10.1. The summed E-state index contributed by atoms with van der Waals surface area (Å²) in [6.45, 7) is 1.78. The third-order valence-electron chi connectivity index (χ3n) is 3.46. The van der Waals surface area contributed by atoms with Gasteiger partial charge in [-0.05, 0) is 30.5 Å². The van der Waals surface area contributed by atoms with Crippen LogP contribution in [0.1, 0.15) is 18.4 Å². The van der Waals surface area contributed by atoms with Gasteiger partial charge in [-0.3, -0.25) is 0 Å². The molecule has 5 heteroatoms. The van der Waals surface area contributed by atoms with Crippen molar-refractivity contribution in [2.75, 3.05) is 32.2 Å². The number of aliphatic hydroxyl groups excluding tert-OH is 1. The molecule has 20 heavy (non-hydrogen) atoms. The normalized spacial score (nSPS) is 16.2. The zero-order valence-electron chi connectivity index (χ0n) is 12.1. The largest absolute Gasteiger partial charge is 0.389 e.